The zero-order valence-corrected chi connectivity index (χ0v) is 15.2. The van der Waals surface area contributed by atoms with Crippen molar-refractivity contribution < 1.29 is 19.1 Å². The first kappa shape index (κ1) is 18.8. The lowest BCUT2D eigenvalue weighted by Crippen LogP contribution is -2.43. The maximum absolute atomic E-state index is 12.3. The zero-order valence-electron chi connectivity index (χ0n) is 15.2. The van der Waals surface area contributed by atoms with Crippen LogP contribution in [-0.4, -0.2) is 46.8 Å². The summed E-state index contributed by atoms with van der Waals surface area (Å²) in [5, 5.41) is 9.26. The highest BCUT2D eigenvalue weighted by molar-refractivity contribution is 5.90. The Morgan fingerprint density at radius 1 is 1.40 bits per heavy atom. The van der Waals surface area contributed by atoms with Gasteiger partial charge in [0.1, 0.15) is 17.4 Å². The molecule has 1 saturated heterocycles. The molecule has 0 N–H and O–H groups in total. The minimum atomic E-state index is -0.554. The highest BCUT2D eigenvalue weighted by Crippen LogP contribution is 2.27. The van der Waals surface area contributed by atoms with Gasteiger partial charge in [-0.15, -0.1) is 0 Å². The summed E-state index contributed by atoms with van der Waals surface area (Å²) in [6.45, 7) is 8.50. The monoisotopic (exact) mass is 347 g/mol. The lowest BCUT2D eigenvalue weighted by molar-refractivity contribution is 0.0171. The number of rotatable bonds is 3. The predicted octanol–water partition coefficient (Wildman–Crippen LogP) is 3.11. The number of nitriles is 1. The van der Waals surface area contributed by atoms with Crippen LogP contribution in [0.1, 0.15) is 62.6 Å². The number of ether oxygens (including phenoxy) is 2. The summed E-state index contributed by atoms with van der Waals surface area (Å²) in [6, 6.07) is 3.55. The smallest absolute Gasteiger partial charge is 0.410 e. The fourth-order valence-corrected chi connectivity index (χ4v) is 2.93. The number of hydrogen-bond donors (Lipinski definition) is 0. The normalized spacial score (nSPS) is 17.7. The summed E-state index contributed by atoms with van der Waals surface area (Å²) >= 11 is 0. The summed E-state index contributed by atoms with van der Waals surface area (Å²) in [4.78, 5) is 26.2. The Balaban J connectivity index is 2.22. The second-order valence-corrected chi connectivity index (χ2v) is 7.04. The van der Waals surface area contributed by atoms with Gasteiger partial charge in [-0.2, -0.15) is 5.26 Å². The predicted molar refractivity (Wildman–Crippen MR) is 91.2 cm³/mol. The van der Waals surface area contributed by atoms with Crippen molar-refractivity contribution >= 4 is 12.1 Å². The summed E-state index contributed by atoms with van der Waals surface area (Å²) in [6.07, 6.45) is 2.97. The Morgan fingerprint density at radius 3 is 2.72 bits per heavy atom. The van der Waals surface area contributed by atoms with E-state index < -0.39 is 11.6 Å². The minimum Gasteiger partial charge on any atom is -0.461 e. The molecule has 1 aliphatic heterocycles. The van der Waals surface area contributed by atoms with Gasteiger partial charge in [0.25, 0.3) is 0 Å². The number of amides is 1. The maximum atomic E-state index is 12.3. The highest BCUT2D eigenvalue weighted by atomic mass is 16.6. The van der Waals surface area contributed by atoms with E-state index in [4.69, 9.17) is 9.47 Å². The van der Waals surface area contributed by atoms with E-state index >= 15 is 0 Å². The number of nitrogens with zero attached hydrogens (tertiary/aromatic N) is 3. The molecule has 0 saturated carbocycles. The minimum absolute atomic E-state index is 0.0947. The molecule has 1 amide bonds. The van der Waals surface area contributed by atoms with Gasteiger partial charge in [-0.05, 0) is 46.6 Å². The first-order chi connectivity index (χ1) is 11.8. The average molecular weight is 347 g/mol. The molecule has 0 bridgehead atoms. The van der Waals surface area contributed by atoms with Gasteiger partial charge < -0.3 is 18.9 Å². The maximum Gasteiger partial charge on any atom is 0.410 e. The van der Waals surface area contributed by atoms with Crippen molar-refractivity contribution in [2.75, 3.05) is 19.7 Å². The van der Waals surface area contributed by atoms with Gasteiger partial charge in [-0.3, -0.25) is 0 Å². The summed E-state index contributed by atoms with van der Waals surface area (Å²) in [7, 11) is 0. The van der Waals surface area contributed by atoms with Crippen molar-refractivity contribution in [3.63, 3.8) is 0 Å². The van der Waals surface area contributed by atoms with Crippen LogP contribution in [0, 0.1) is 11.3 Å². The standard InChI is InChI=1S/C18H25N3O4/c1-5-24-16(22)15-13(11-19)8-10-21(15)14-7-6-9-20(12-14)17(23)25-18(2,3)4/h8,10,14H,5-7,9,12H2,1-4H3. The van der Waals surface area contributed by atoms with Crippen molar-refractivity contribution in [2.45, 2.75) is 52.2 Å². The van der Waals surface area contributed by atoms with Crippen LogP contribution in [-0.2, 0) is 9.47 Å². The number of aromatic nitrogens is 1. The molecule has 7 heteroatoms. The van der Waals surface area contributed by atoms with E-state index in [1.807, 2.05) is 26.8 Å². The lowest BCUT2D eigenvalue weighted by Gasteiger charge is -2.35. The number of esters is 1. The zero-order chi connectivity index (χ0) is 18.6. The van der Waals surface area contributed by atoms with Gasteiger partial charge in [0.2, 0.25) is 0 Å². The number of piperidine rings is 1. The third-order valence-electron chi connectivity index (χ3n) is 3.95. The SMILES string of the molecule is CCOC(=O)c1c(C#N)ccn1C1CCCN(C(=O)OC(C)(C)C)C1. The summed E-state index contributed by atoms with van der Waals surface area (Å²) in [5.41, 5.74) is -0.0186. The summed E-state index contributed by atoms with van der Waals surface area (Å²) in [5.74, 6) is -0.515. The molecule has 0 spiro atoms. The van der Waals surface area contributed by atoms with Gasteiger partial charge in [-0.25, -0.2) is 9.59 Å². The summed E-state index contributed by atoms with van der Waals surface area (Å²) < 4.78 is 12.3. The van der Waals surface area contributed by atoms with Crippen LogP contribution >= 0.6 is 0 Å². The Labute approximate surface area is 148 Å². The van der Waals surface area contributed by atoms with Gasteiger partial charge in [0.15, 0.2) is 0 Å². The van der Waals surface area contributed by atoms with Crippen LogP contribution in [0.5, 0.6) is 0 Å². The quantitative estimate of drug-likeness (QED) is 0.784. The fourth-order valence-electron chi connectivity index (χ4n) is 2.93. The molecule has 2 rings (SSSR count). The largest absolute Gasteiger partial charge is 0.461 e. The molecule has 1 aliphatic rings. The molecule has 1 atom stereocenters. The molecule has 1 aromatic rings. The van der Waals surface area contributed by atoms with Gasteiger partial charge in [0, 0.05) is 19.3 Å². The Morgan fingerprint density at radius 2 is 2.12 bits per heavy atom. The first-order valence-electron chi connectivity index (χ1n) is 8.52. The van der Waals surface area contributed by atoms with E-state index in [1.54, 1.807) is 28.7 Å². The van der Waals surface area contributed by atoms with E-state index in [1.165, 1.54) is 0 Å². The fraction of sp³-hybridized carbons (Fsp3) is 0.611. The van der Waals surface area contributed by atoms with Crippen molar-refractivity contribution in [2.24, 2.45) is 0 Å². The van der Waals surface area contributed by atoms with Crippen LogP contribution in [0.3, 0.4) is 0 Å². The van der Waals surface area contributed by atoms with Crippen LogP contribution in [0.15, 0.2) is 12.3 Å². The molecular weight excluding hydrogens is 322 g/mol. The molecule has 0 aromatic carbocycles. The van der Waals surface area contributed by atoms with Gasteiger partial charge in [0.05, 0.1) is 18.2 Å². The molecule has 1 fully saturated rings. The van der Waals surface area contributed by atoms with Crippen LogP contribution in [0.25, 0.3) is 0 Å². The molecule has 0 aliphatic carbocycles. The molecule has 7 nitrogen and oxygen atoms in total. The average Bonchev–Trinajstić information content (AvgIpc) is 2.97. The number of carbonyl (C=O) groups is 2. The number of carbonyl (C=O) groups excluding carboxylic acids is 2. The molecule has 136 valence electrons. The van der Waals surface area contributed by atoms with Crippen molar-refractivity contribution in [1.29, 1.82) is 5.26 Å². The van der Waals surface area contributed by atoms with E-state index in [0.29, 0.717) is 13.1 Å². The second-order valence-electron chi connectivity index (χ2n) is 7.04. The number of likely N-dealkylation sites (tertiary alicyclic amines) is 1. The van der Waals surface area contributed by atoms with Crippen LogP contribution in [0.4, 0.5) is 4.79 Å². The molecule has 25 heavy (non-hydrogen) atoms. The lowest BCUT2D eigenvalue weighted by atomic mass is 10.1. The van der Waals surface area contributed by atoms with Crippen molar-refractivity contribution in [3.8, 4) is 6.07 Å². The van der Waals surface area contributed by atoms with Crippen molar-refractivity contribution in [3.05, 3.63) is 23.5 Å². The molecule has 1 aromatic heterocycles. The van der Waals surface area contributed by atoms with E-state index in [9.17, 15) is 14.9 Å². The third-order valence-corrected chi connectivity index (χ3v) is 3.95. The van der Waals surface area contributed by atoms with E-state index in [-0.39, 0.29) is 30.0 Å². The van der Waals surface area contributed by atoms with Crippen molar-refractivity contribution in [1.82, 2.24) is 9.47 Å². The highest BCUT2D eigenvalue weighted by Gasteiger charge is 2.31. The second kappa shape index (κ2) is 7.60. The first-order valence-corrected chi connectivity index (χ1v) is 8.52. The van der Waals surface area contributed by atoms with Crippen LogP contribution in [0.2, 0.25) is 0 Å². The van der Waals surface area contributed by atoms with E-state index in [2.05, 4.69) is 0 Å². The number of hydrogen-bond acceptors (Lipinski definition) is 5. The van der Waals surface area contributed by atoms with Crippen LogP contribution < -0.4 is 0 Å². The molecule has 2 heterocycles. The van der Waals surface area contributed by atoms with Gasteiger partial charge >= 0.3 is 12.1 Å². The van der Waals surface area contributed by atoms with E-state index in [0.717, 1.165) is 12.8 Å². The molecule has 0 radical (unpaired) electrons. The Hall–Kier alpha value is -2.49. The Kier molecular flexibility index (Phi) is 5.73. The topological polar surface area (TPSA) is 84.6 Å². The van der Waals surface area contributed by atoms with Gasteiger partial charge in [-0.1, -0.05) is 0 Å². The third kappa shape index (κ3) is 4.53. The Bertz CT molecular complexity index is 681. The molecular formula is C18H25N3O4. The molecule has 1 unspecified atom stereocenters.